The third kappa shape index (κ3) is 5.24. The average Bonchev–Trinajstić information content (AvgIpc) is 2.45. The molecule has 5 nitrogen and oxygen atoms in total. The molecule has 134 valence electrons. The lowest BCUT2D eigenvalue weighted by Gasteiger charge is -2.40. The second-order valence-electron chi connectivity index (χ2n) is 7.23. The van der Waals surface area contributed by atoms with Crippen molar-refractivity contribution >= 4 is 28.7 Å². The van der Waals surface area contributed by atoms with Crippen LogP contribution in [0.5, 0.6) is 5.75 Å². The van der Waals surface area contributed by atoms with Gasteiger partial charge in [0.05, 0.1) is 10.7 Å². The van der Waals surface area contributed by atoms with E-state index in [9.17, 15) is 4.79 Å². The number of methoxy groups -OCH3 is 1. The fraction of sp³-hybridized carbons (Fsp3) is 0.611. The summed E-state index contributed by atoms with van der Waals surface area (Å²) in [6.45, 7) is 11.1. The Labute approximate surface area is 158 Å². The molecular formula is C18H27IN2O3. The maximum atomic E-state index is 12.3. The summed E-state index contributed by atoms with van der Waals surface area (Å²) < 4.78 is 11.9. The lowest BCUT2D eigenvalue weighted by molar-refractivity contribution is 0.000558. The molecule has 1 amide bonds. The summed E-state index contributed by atoms with van der Waals surface area (Å²) in [5.41, 5.74) is 0.811. The van der Waals surface area contributed by atoms with Crippen LogP contribution in [0.1, 0.15) is 33.3 Å². The Bertz CT molecular complexity index is 586. The van der Waals surface area contributed by atoms with Gasteiger partial charge in [-0.25, -0.2) is 4.79 Å². The van der Waals surface area contributed by atoms with Gasteiger partial charge in [-0.15, -0.1) is 0 Å². The summed E-state index contributed by atoms with van der Waals surface area (Å²) in [5, 5.41) is 0. The molecule has 0 bridgehead atoms. The number of rotatable bonds is 3. The number of piperazine rings is 1. The number of carbonyl (C=O) groups is 1. The topological polar surface area (TPSA) is 42.0 Å². The van der Waals surface area contributed by atoms with Crippen LogP contribution in [0.25, 0.3) is 0 Å². The first kappa shape index (κ1) is 19.3. The van der Waals surface area contributed by atoms with Gasteiger partial charge in [0.2, 0.25) is 0 Å². The maximum Gasteiger partial charge on any atom is 0.410 e. The van der Waals surface area contributed by atoms with Crippen LogP contribution in [0.3, 0.4) is 0 Å². The second kappa shape index (κ2) is 7.91. The van der Waals surface area contributed by atoms with Gasteiger partial charge in [-0.3, -0.25) is 4.90 Å². The number of hydrogen-bond donors (Lipinski definition) is 0. The van der Waals surface area contributed by atoms with Crippen LogP contribution in [0.4, 0.5) is 4.79 Å². The third-order valence-electron chi connectivity index (χ3n) is 3.96. The van der Waals surface area contributed by atoms with Crippen LogP contribution in [-0.2, 0) is 11.3 Å². The van der Waals surface area contributed by atoms with E-state index in [1.165, 1.54) is 5.56 Å². The van der Waals surface area contributed by atoms with Gasteiger partial charge in [0.15, 0.2) is 0 Å². The molecule has 1 aromatic rings. The molecule has 2 rings (SSSR count). The molecule has 6 heteroatoms. The smallest absolute Gasteiger partial charge is 0.410 e. The predicted molar refractivity (Wildman–Crippen MR) is 103 cm³/mol. The number of hydrogen-bond acceptors (Lipinski definition) is 4. The maximum absolute atomic E-state index is 12.3. The molecule has 0 spiro atoms. The fourth-order valence-corrected chi connectivity index (χ4v) is 3.63. The third-order valence-corrected chi connectivity index (χ3v) is 4.81. The minimum absolute atomic E-state index is 0.144. The van der Waals surface area contributed by atoms with Crippen LogP contribution in [-0.4, -0.2) is 54.3 Å². The Balaban J connectivity index is 1.93. The minimum Gasteiger partial charge on any atom is -0.496 e. The molecule has 0 aromatic heterocycles. The van der Waals surface area contributed by atoms with Crippen molar-refractivity contribution in [3.05, 3.63) is 27.3 Å². The van der Waals surface area contributed by atoms with Gasteiger partial charge in [0.25, 0.3) is 0 Å². The fourth-order valence-electron chi connectivity index (χ4n) is 2.83. The van der Waals surface area contributed by atoms with E-state index in [4.69, 9.17) is 9.47 Å². The van der Waals surface area contributed by atoms with Crippen LogP contribution >= 0.6 is 22.6 Å². The van der Waals surface area contributed by atoms with Gasteiger partial charge in [0.1, 0.15) is 11.4 Å². The zero-order valence-electron chi connectivity index (χ0n) is 15.1. The highest BCUT2D eigenvalue weighted by molar-refractivity contribution is 14.1. The summed E-state index contributed by atoms with van der Waals surface area (Å²) >= 11 is 2.30. The largest absolute Gasteiger partial charge is 0.496 e. The Morgan fingerprint density at radius 2 is 2.04 bits per heavy atom. The van der Waals surface area contributed by atoms with E-state index in [2.05, 4.69) is 46.5 Å². The van der Waals surface area contributed by atoms with Gasteiger partial charge in [-0.05, 0) is 68.0 Å². The van der Waals surface area contributed by atoms with Gasteiger partial charge in [-0.2, -0.15) is 0 Å². The Morgan fingerprint density at radius 3 is 2.58 bits per heavy atom. The molecular weight excluding hydrogens is 419 g/mol. The summed E-state index contributed by atoms with van der Waals surface area (Å²) in [4.78, 5) is 16.5. The van der Waals surface area contributed by atoms with E-state index in [1.807, 2.05) is 31.7 Å². The van der Waals surface area contributed by atoms with Crippen molar-refractivity contribution < 1.29 is 14.3 Å². The van der Waals surface area contributed by atoms with E-state index in [1.54, 1.807) is 7.11 Å². The second-order valence-corrected chi connectivity index (χ2v) is 8.39. The van der Waals surface area contributed by atoms with Crippen molar-refractivity contribution in [1.29, 1.82) is 0 Å². The van der Waals surface area contributed by atoms with Crippen LogP contribution in [0, 0.1) is 3.57 Å². The highest BCUT2D eigenvalue weighted by Gasteiger charge is 2.30. The molecule has 1 fully saturated rings. The number of nitrogens with zero attached hydrogens (tertiary/aromatic N) is 2. The van der Waals surface area contributed by atoms with Crippen molar-refractivity contribution in [2.75, 3.05) is 26.7 Å². The average molecular weight is 446 g/mol. The zero-order chi connectivity index (χ0) is 17.9. The molecule has 0 unspecified atom stereocenters. The molecule has 1 atom stereocenters. The van der Waals surface area contributed by atoms with E-state index in [-0.39, 0.29) is 12.1 Å². The zero-order valence-corrected chi connectivity index (χ0v) is 17.3. The van der Waals surface area contributed by atoms with Crippen molar-refractivity contribution in [2.24, 2.45) is 0 Å². The van der Waals surface area contributed by atoms with Gasteiger partial charge in [0, 0.05) is 32.2 Å². The number of carbonyl (C=O) groups excluding carboxylic acids is 1. The van der Waals surface area contributed by atoms with E-state index in [0.717, 1.165) is 29.0 Å². The van der Waals surface area contributed by atoms with Gasteiger partial charge < -0.3 is 14.4 Å². The Hall–Kier alpha value is -1.02. The van der Waals surface area contributed by atoms with Crippen molar-refractivity contribution in [3.63, 3.8) is 0 Å². The SMILES string of the molecule is COc1ccc(CN2CCN(C(=O)OC(C)(C)C)[C@@H](C)C2)cc1I. The van der Waals surface area contributed by atoms with Crippen molar-refractivity contribution in [3.8, 4) is 5.75 Å². The predicted octanol–water partition coefficient (Wildman–Crippen LogP) is 3.74. The summed E-state index contributed by atoms with van der Waals surface area (Å²) in [5.74, 6) is 0.905. The van der Waals surface area contributed by atoms with Crippen molar-refractivity contribution in [1.82, 2.24) is 9.80 Å². The van der Waals surface area contributed by atoms with Crippen LogP contribution in [0.15, 0.2) is 18.2 Å². The Kier molecular flexibility index (Phi) is 6.36. The summed E-state index contributed by atoms with van der Waals surface area (Å²) in [6.07, 6.45) is -0.214. The molecule has 0 aliphatic carbocycles. The van der Waals surface area contributed by atoms with Crippen LogP contribution in [0.2, 0.25) is 0 Å². The van der Waals surface area contributed by atoms with Crippen LogP contribution < -0.4 is 4.74 Å². The number of halogens is 1. The van der Waals surface area contributed by atoms with Crippen molar-refractivity contribution in [2.45, 2.75) is 45.9 Å². The molecule has 1 aromatic carbocycles. The number of ether oxygens (including phenoxy) is 2. The Morgan fingerprint density at radius 1 is 1.33 bits per heavy atom. The molecule has 24 heavy (non-hydrogen) atoms. The summed E-state index contributed by atoms with van der Waals surface area (Å²) in [6, 6.07) is 6.42. The molecule has 1 heterocycles. The first-order chi connectivity index (χ1) is 11.2. The quantitative estimate of drug-likeness (QED) is 0.664. The monoisotopic (exact) mass is 446 g/mol. The van der Waals surface area contributed by atoms with E-state index >= 15 is 0 Å². The molecule has 0 saturated carbocycles. The molecule has 0 radical (unpaired) electrons. The lowest BCUT2D eigenvalue weighted by atomic mass is 10.1. The summed E-state index contributed by atoms with van der Waals surface area (Å²) in [7, 11) is 1.69. The first-order valence-electron chi connectivity index (χ1n) is 8.24. The molecule has 1 aliphatic rings. The lowest BCUT2D eigenvalue weighted by Crippen LogP contribution is -2.54. The minimum atomic E-state index is -0.451. The van der Waals surface area contributed by atoms with E-state index in [0.29, 0.717) is 6.54 Å². The first-order valence-corrected chi connectivity index (χ1v) is 9.32. The molecule has 1 saturated heterocycles. The standard InChI is InChI=1S/C18H27IN2O3/c1-13-11-20(8-9-21(13)17(22)24-18(2,3)4)12-14-6-7-16(23-5)15(19)10-14/h6-7,10,13H,8-9,11-12H2,1-5H3/t13-/m0/s1. The number of benzene rings is 1. The van der Waals surface area contributed by atoms with E-state index < -0.39 is 5.60 Å². The van der Waals surface area contributed by atoms with Gasteiger partial charge in [-0.1, -0.05) is 6.07 Å². The molecule has 0 N–H and O–H groups in total. The number of amides is 1. The van der Waals surface area contributed by atoms with Gasteiger partial charge >= 0.3 is 6.09 Å². The highest BCUT2D eigenvalue weighted by atomic mass is 127. The normalized spacial score (nSPS) is 19.2. The molecule has 1 aliphatic heterocycles. The highest BCUT2D eigenvalue weighted by Crippen LogP contribution is 2.23.